The molecular weight excluding hydrogens is 676 g/mol. The number of hydrogen-bond acceptors (Lipinski definition) is 11. The Morgan fingerprint density at radius 1 is 0.941 bits per heavy atom. The molecule has 276 valence electrons. The quantitative estimate of drug-likeness (QED) is 0.131. The number of carbonyl (C=O) groups excluding carboxylic acids is 4. The van der Waals surface area contributed by atoms with E-state index in [2.05, 4.69) is 15.6 Å². The Morgan fingerprint density at radius 2 is 1.61 bits per heavy atom. The molecule has 0 unspecified atom stereocenters. The lowest BCUT2D eigenvalue weighted by molar-refractivity contribution is -0.150. The van der Waals surface area contributed by atoms with Crippen LogP contribution in [0.3, 0.4) is 0 Å². The minimum atomic E-state index is -0.968. The summed E-state index contributed by atoms with van der Waals surface area (Å²) in [6.07, 6.45) is -0.775. The van der Waals surface area contributed by atoms with E-state index in [1.54, 1.807) is 16.8 Å². The number of thiazole rings is 1. The molecule has 1 aliphatic rings. The maximum atomic E-state index is 13.8. The summed E-state index contributed by atoms with van der Waals surface area (Å²) in [7, 11) is 0. The van der Waals surface area contributed by atoms with E-state index in [9.17, 15) is 24.3 Å². The van der Waals surface area contributed by atoms with E-state index in [0.717, 1.165) is 27.3 Å². The van der Waals surface area contributed by atoms with Crippen molar-refractivity contribution in [2.75, 3.05) is 46.2 Å². The summed E-state index contributed by atoms with van der Waals surface area (Å²) < 4.78 is 21.3. The summed E-state index contributed by atoms with van der Waals surface area (Å²) in [4.78, 5) is 58.4. The first-order chi connectivity index (χ1) is 24.4. The van der Waals surface area contributed by atoms with Gasteiger partial charge in [-0.25, -0.2) is 9.78 Å². The number of esters is 1. The molecule has 0 bridgehead atoms. The summed E-state index contributed by atoms with van der Waals surface area (Å²) in [5.74, 6) is -1.80. The molecule has 3 N–H and O–H groups in total. The smallest absolute Gasteiger partial charge is 0.332 e. The molecule has 13 nitrogen and oxygen atoms in total. The molecule has 3 aromatic rings. The number of β-amino-alcohol motifs (C(OH)–C–C–N with tert-alkyl or cyclic N) is 1. The lowest BCUT2D eigenvalue weighted by Gasteiger charge is -2.35. The van der Waals surface area contributed by atoms with Crippen molar-refractivity contribution in [1.29, 1.82) is 0 Å². The highest BCUT2D eigenvalue weighted by molar-refractivity contribution is 7.13. The molecule has 3 atom stereocenters. The van der Waals surface area contributed by atoms with E-state index in [1.807, 2.05) is 82.3 Å². The van der Waals surface area contributed by atoms with Gasteiger partial charge in [0.15, 0.2) is 0 Å². The van der Waals surface area contributed by atoms with E-state index in [0.29, 0.717) is 0 Å². The van der Waals surface area contributed by atoms with E-state index in [1.165, 1.54) is 4.90 Å². The summed E-state index contributed by atoms with van der Waals surface area (Å²) >= 11 is 1.57. The van der Waals surface area contributed by atoms with Crippen LogP contribution in [0, 0.1) is 12.3 Å². The third kappa shape index (κ3) is 12.5. The fourth-order valence-corrected chi connectivity index (χ4v) is 6.23. The number of rotatable bonds is 18. The average molecular weight is 725 g/mol. The summed E-state index contributed by atoms with van der Waals surface area (Å²) in [5.41, 5.74) is 4.90. The number of carbonyl (C=O) groups is 4. The molecule has 2 heterocycles. The van der Waals surface area contributed by atoms with Crippen molar-refractivity contribution in [1.82, 2.24) is 20.5 Å². The van der Waals surface area contributed by atoms with Crippen LogP contribution in [0.4, 0.5) is 0 Å². The number of ether oxygens (including phenoxy) is 4. The number of aliphatic hydroxyl groups is 1. The van der Waals surface area contributed by atoms with Gasteiger partial charge < -0.3 is 39.6 Å². The normalized spacial score (nSPS) is 16.5. The van der Waals surface area contributed by atoms with Crippen molar-refractivity contribution in [3.8, 4) is 10.4 Å². The molecule has 1 saturated heterocycles. The Labute approximate surface area is 302 Å². The highest BCUT2D eigenvalue weighted by Gasteiger charge is 2.44. The minimum absolute atomic E-state index is 0.0192. The van der Waals surface area contributed by atoms with Crippen molar-refractivity contribution < 1.29 is 43.2 Å². The van der Waals surface area contributed by atoms with Crippen molar-refractivity contribution in [2.24, 2.45) is 5.41 Å². The fourth-order valence-electron chi connectivity index (χ4n) is 5.42. The van der Waals surface area contributed by atoms with Crippen molar-refractivity contribution in [2.45, 2.75) is 65.5 Å². The Balaban J connectivity index is 1.15. The molecule has 2 aromatic carbocycles. The first kappa shape index (κ1) is 39.6. The predicted molar refractivity (Wildman–Crippen MR) is 190 cm³/mol. The number of hydrogen-bond donors (Lipinski definition) is 3. The molecular formula is C37H48N4O9S. The molecule has 51 heavy (non-hydrogen) atoms. The van der Waals surface area contributed by atoms with E-state index < -0.39 is 41.4 Å². The summed E-state index contributed by atoms with van der Waals surface area (Å²) in [5, 5.41) is 16.1. The van der Waals surface area contributed by atoms with Gasteiger partial charge in [0, 0.05) is 19.5 Å². The molecule has 0 saturated carbocycles. The molecule has 4 rings (SSSR count). The van der Waals surface area contributed by atoms with Crippen LogP contribution in [0.1, 0.15) is 44.0 Å². The number of nitrogens with zero attached hydrogens (tertiary/aromatic N) is 2. The van der Waals surface area contributed by atoms with Gasteiger partial charge in [-0.2, -0.15) is 0 Å². The van der Waals surface area contributed by atoms with Crippen LogP contribution in [0.25, 0.3) is 10.4 Å². The zero-order chi connectivity index (χ0) is 36.8. The number of aromatic nitrogens is 1. The molecule has 14 heteroatoms. The third-order valence-electron chi connectivity index (χ3n) is 8.15. The van der Waals surface area contributed by atoms with Gasteiger partial charge in [0.05, 0.1) is 48.6 Å². The molecule has 0 spiro atoms. The third-order valence-corrected chi connectivity index (χ3v) is 9.13. The average Bonchev–Trinajstić information content (AvgIpc) is 3.73. The maximum absolute atomic E-state index is 13.8. The molecule has 0 aliphatic carbocycles. The van der Waals surface area contributed by atoms with Gasteiger partial charge in [0.25, 0.3) is 0 Å². The van der Waals surface area contributed by atoms with E-state index >= 15 is 0 Å². The monoisotopic (exact) mass is 724 g/mol. The molecule has 1 aliphatic heterocycles. The highest BCUT2D eigenvalue weighted by Crippen LogP contribution is 2.28. The number of amides is 3. The van der Waals surface area contributed by atoms with Crippen LogP contribution < -0.4 is 10.6 Å². The second kappa shape index (κ2) is 19.4. The Kier molecular flexibility index (Phi) is 15.1. The lowest BCUT2D eigenvalue weighted by atomic mass is 9.85. The number of likely N-dealkylation sites (tertiary alicyclic amines) is 1. The molecule has 1 fully saturated rings. The standard InChI is InChI=1S/C37H48N4O9S/c1-25-33(51-24-39-25)28-12-10-26(11-13-28)19-38-35(45)30-18-29(42)20-41(30)36(46)34(37(2,3)4)40-31(43)22-48-16-14-47-15-17-49-23-32(44)50-21-27-8-6-5-7-9-27/h5-13,24,29-30,34,42H,14-23H2,1-4H3,(H,38,45)(H,40,43)/t29-,30+,34-/m1/s1. The van der Waals surface area contributed by atoms with Gasteiger partial charge in [-0.3, -0.25) is 14.4 Å². The second-order valence-corrected chi connectivity index (χ2v) is 14.2. The maximum Gasteiger partial charge on any atom is 0.332 e. The van der Waals surface area contributed by atoms with Crippen molar-refractivity contribution in [3.05, 3.63) is 76.9 Å². The summed E-state index contributed by atoms with van der Waals surface area (Å²) in [6, 6.07) is 15.3. The predicted octanol–water partition coefficient (Wildman–Crippen LogP) is 3.02. The van der Waals surface area contributed by atoms with Gasteiger partial charge in [0.1, 0.15) is 31.9 Å². The number of nitrogens with one attached hydrogen (secondary N) is 2. The molecule has 0 radical (unpaired) electrons. The zero-order valence-electron chi connectivity index (χ0n) is 29.6. The van der Waals surface area contributed by atoms with Crippen LogP contribution in [0.5, 0.6) is 0 Å². The zero-order valence-corrected chi connectivity index (χ0v) is 30.4. The Hall–Kier alpha value is -4.21. The van der Waals surface area contributed by atoms with Crippen LogP contribution >= 0.6 is 11.3 Å². The lowest BCUT2D eigenvalue weighted by Crippen LogP contribution is -2.58. The second-order valence-electron chi connectivity index (χ2n) is 13.3. The van der Waals surface area contributed by atoms with Crippen LogP contribution in [-0.4, -0.2) is 103 Å². The number of aliphatic hydroxyl groups excluding tert-OH is 1. The largest absolute Gasteiger partial charge is 0.459 e. The first-order valence-electron chi connectivity index (χ1n) is 16.9. The van der Waals surface area contributed by atoms with Crippen LogP contribution in [-0.2, 0) is 51.3 Å². The van der Waals surface area contributed by atoms with Crippen molar-refractivity contribution in [3.63, 3.8) is 0 Å². The topological polar surface area (TPSA) is 166 Å². The van der Waals surface area contributed by atoms with Gasteiger partial charge in [-0.1, -0.05) is 75.4 Å². The minimum Gasteiger partial charge on any atom is -0.459 e. The van der Waals surface area contributed by atoms with Crippen molar-refractivity contribution >= 4 is 35.0 Å². The van der Waals surface area contributed by atoms with Gasteiger partial charge >= 0.3 is 5.97 Å². The van der Waals surface area contributed by atoms with Gasteiger partial charge in [0.2, 0.25) is 17.7 Å². The SMILES string of the molecule is Cc1ncsc1-c1ccc(CNC(=O)[C@@H]2C[C@@H](O)CN2C(=O)[C@@H](NC(=O)COCCOCCOCC(=O)OCc2ccccc2)C(C)(C)C)cc1. The number of aryl methyl sites for hydroxylation is 1. The van der Waals surface area contributed by atoms with E-state index in [4.69, 9.17) is 18.9 Å². The molecule has 1 aromatic heterocycles. The highest BCUT2D eigenvalue weighted by atomic mass is 32.1. The fraction of sp³-hybridized carbons (Fsp3) is 0.486. The summed E-state index contributed by atoms with van der Waals surface area (Å²) in [6.45, 7) is 8.04. The Bertz CT molecular complexity index is 1580. The Morgan fingerprint density at radius 3 is 2.25 bits per heavy atom. The van der Waals surface area contributed by atoms with E-state index in [-0.39, 0.29) is 71.7 Å². The van der Waals surface area contributed by atoms with Gasteiger partial charge in [-0.05, 0) is 29.0 Å². The first-order valence-corrected chi connectivity index (χ1v) is 17.8. The van der Waals surface area contributed by atoms with Crippen LogP contribution in [0.15, 0.2) is 60.1 Å². The van der Waals surface area contributed by atoms with Gasteiger partial charge in [-0.15, -0.1) is 11.3 Å². The number of benzene rings is 2. The van der Waals surface area contributed by atoms with Crippen LogP contribution in [0.2, 0.25) is 0 Å². The molecule has 3 amide bonds.